The molecule has 2 amide bonds. The van der Waals surface area contributed by atoms with Crippen LogP contribution in [0.5, 0.6) is 0 Å². The molecule has 0 radical (unpaired) electrons. The summed E-state index contributed by atoms with van der Waals surface area (Å²) in [5, 5.41) is 9.78. The highest BCUT2D eigenvalue weighted by Gasteiger charge is 2.23. The predicted octanol–water partition coefficient (Wildman–Crippen LogP) is 3.31. The van der Waals surface area contributed by atoms with Crippen LogP contribution in [-0.4, -0.2) is 34.6 Å². The van der Waals surface area contributed by atoms with E-state index in [-0.39, 0.29) is 22.5 Å². The Labute approximate surface area is 140 Å². The van der Waals surface area contributed by atoms with Gasteiger partial charge in [-0.05, 0) is 17.6 Å². The van der Waals surface area contributed by atoms with E-state index in [1.807, 2.05) is 0 Å². The van der Waals surface area contributed by atoms with Crippen molar-refractivity contribution in [3.05, 3.63) is 34.7 Å². The van der Waals surface area contributed by atoms with Crippen molar-refractivity contribution in [1.82, 2.24) is 9.36 Å². The SMILES string of the molecule is CN(C(=O)N(C)c1cc(Cl)ncc1CO)c1cc(C(F)F)ns1. The molecule has 124 valence electrons. The van der Waals surface area contributed by atoms with Crippen LogP contribution in [0.4, 0.5) is 24.3 Å². The molecule has 1 N–H and O–H groups in total. The quantitative estimate of drug-likeness (QED) is 0.847. The molecule has 0 aliphatic rings. The zero-order valence-electron chi connectivity index (χ0n) is 12.2. The van der Waals surface area contributed by atoms with Crippen molar-refractivity contribution in [3.63, 3.8) is 0 Å². The summed E-state index contributed by atoms with van der Waals surface area (Å²) in [6, 6.07) is 2.11. The molecule has 0 aliphatic heterocycles. The number of carbonyl (C=O) groups is 1. The number of nitrogens with zero attached hydrogens (tertiary/aromatic N) is 4. The first-order valence-corrected chi connectivity index (χ1v) is 7.51. The van der Waals surface area contributed by atoms with Crippen LogP contribution < -0.4 is 9.80 Å². The number of rotatable bonds is 4. The van der Waals surface area contributed by atoms with Gasteiger partial charge in [0.2, 0.25) is 0 Å². The van der Waals surface area contributed by atoms with Crippen LogP contribution in [0.3, 0.4) is 0 Å². The molecular formula is C13H13ClF2N4O2S. The minimum atomic E-state index is -2.69. The molecule has 0 unspecified atom stereocenters. The lowest BCUT2D eigenvalue weighted by Gasteiger charge is -2.25. The monoisotopic (exact) mass is 362 g/mol. The summed E-state index contributed by atoms with van der Waals surface area (Å²) in [4.78, 5) is 18.8. The summed E-state index contributed by atoms with van der Waals surface area (Å²) in [7, 11) is 2.93. The maximum atomic E-state index is 12.6. The van der Waals surface area contributed by atoms with Gasteiger partial charge in [0, 0.05) is 31.9 Å². The van der Waals surface area contributed by atoms with Crippen molar-refractivity contribution in [1.29, 1.82) is 0 Å². The van der Waals surface area contributed by atoms with Gasteiger partial charge >= 0.3 is 6.03 Å². The van der Waals surface area contributed by atoms with Crippen molar-refractivity contribution >= 4 is 39.9 Å². The second-order valence-corrected chi connectivity index (χ2v) is 5.76. The number of urea groups is 1. The van der Waals surface area contributed by atoms with Gasteiger partial charge in [0.1, 0.15) is 15.8 Å². The number of aromatic nitrogens is 2. The summed E-state index contributed by atoms with van der Waals surface area (Å²) in [6.07, 6.45) is -1.33. The maximum absolute atomic E-state index is 12.6. The van der Waals surface area contributed by atoms with Crippen LogP contribution in [0.2, 0.25) is 5.15 Å². The largest absolute Gasteiger partial charge is 0.392 e. The lowest BCUT2D eigenvalue weighted by molar-refractivity contribution is 0.147. The molecule has 23 heavy (non-hydrogen) atoms. The van der Waals surface area contributed by atoms with Gasteiger partial charge in [-0.15, -0.1) is 0 Å². The van der Waals surface area contributed by atoms with Crippen molar-refractivity contribution in [2.24, 2.45) is 0 Å². The third-order valence-electron chi connectivity index (χ3n) is 3.10. The molecule has 0 aliphatic carbocycles. The number of hydrogen-bond donors (Lipinski definition) is 1. The summed E-state index contributed by atoms with van der Waals surface area (Å²) in [5.41, 5.74) is 0.412. The van der Waals surface area contributed by atoms with Crippen molar-refractivity contribution in [2.45, 2.75) is 13.0 Å². The number of amides is 2. The summed E-state index contributed by atoms with van der Waals surface area (Å²) in [6.45, 7) is -0.322. The molecule has 0 atom stereocenters. The van der Waals surface area contributed by atoms with Gasteiger partial charge < -0.3 is 5.11 Å². The Kier molecular flexibility index (Phi) is 5.45. The fourth-order valence-electron chi connectivity index (χ4n) is 1.84. The highest BCUT2D eigenvalue weighted by Crippen LogP contribution is 2.29. The smallest absolute Gasteiger partial charge is 0.329 e. The van der Waals surface area contributed by atoms with E-state index in [0.717, 1.165) is 17.6 Å². The number of pyridine rings is 1. The van der Waals surface area contributed by atoms with E-state index >= 15 is 0 Å². The fourth-order valence-corrected chi connectivity index (χ4v) is 2.70. The van der Waals surface area contributed by atoms with Crippen molar-refractivity contribution < 1.29 is 18.7 Å². The lowest BCUT2D eigenvalue weighted by atomic mass is 10.2. The molecule has 0 spiro atoms. The molecule has 2 aromatic heterocycles. The Bertz CT molecular complexity index is 713. The van der Waals surface area contributed by atoms with Gasteiger partial charge in [-0.3, -0.25) is 9.80 Å². The third kappa shape index (κ3) is 3.74. The molecule has 0 saturated carbocycles. The first-order valence-electron chi connectivity index (χ1n) is 6.36. The molecule has 0 saturated heterocycles. The predicted molar refractivity (Wildman–Crippen MR) is 84.4 cm³/mol. The van der Waals surface area contributed by atoms with Crippen LogP contribution in [0.15, 0.2) is 18.3 Å². The van der Waals surface area contributed by atoms with Crippen LogP contribution in [0.1, 0.15) is 17.7 Å². The Balaban J connectivity index is 2.26. The van der Waals surface area contributed by atoms with Gasteiger partial charge in [-0.25, -0.2) is 18.6 Å². The van der Waals surface area contributed by atoms with Crippen LogP contribution in [0, 0.1) is 0 Å². The lowest BCUT2D eigenvalue weighted by Crippen LogP contribution is -2.39. The van der Waals surface area contributed by atoms with Gasteiger partial charge in [0.05, 0.1) is 12.3 Å². The minimum Gasteiger partial charge on any atom is -0.392 e. The standard InChI is InChI=1S/C13H13ClF2N4O2S/c1-19(9-4-10(14)17-5-7(9)6-21)13(22)20(2)11-3-8(12(15)16)18-23-11/h3-5,12,21H,6H2,1-2H3. The molecule has 2 aromatic rings. The zero-order chi connectivity index (χ0) is 17.1. The Hall–Kier alpha value is -1.84. The van der Waals surface area contributed by atoms with E-state index in [2.05, 4.69) is 9.36 Å². The Morgan fingerprint density at radius 3 is 2.65 bits per heavy atom. The molecule has 2 heterocycles. The maximum Gasteiger partial charge on any atom is 0.329 e. The number of aliphatic hydroxyl groups excluding tert-OH is 1. The van der Waals surface area contributed by atoms with Crippen molar-refractivity contribution in [2.75, 3.05) is 23.9 Å². The summed E-state index contributed by atoms with van der Waals surface area (Å²) in [5.74, 6) is 0. The van der Waals surface area contributed by atoms with E-state index in [9.17, 15) is 18.7 Å². The fraction of sp³-hybridized carbons (Fsp3) is 0.308. The molecule has 0 aromatic carbocycles. The Morgan fingerprint density at radius 2 is 2.09 bits per heavy atom. The second kappa shape index (κ2) is 7.16. The van der Waals surface area contributed by atoms with E-state index in [4.69, 9.17) is 11.6 Å². The van der Waals surface area contributed by atoms with E-state index < -0.39 is 12.5 Å². The zero-order valence-corrected chi connectivity index (χ0v) is 13.8. The highest BCUT2D eigenvalue weighted by molar-refractivity contribution is 7.10. The summed E-state index contributed by atoms with van der Waals surface area (Å²) < 4.78 is 28.8. The third-order valence-corrected chi connectivity index (χ3v) is 4.19. The van der Waals surface area contributed by atoms with Crippen molar-refractivity contribution in [3.8, 4) is 0 Å². The topological polar surface area (TPSA) is 69.6 Å². The highest BCUT2D eigenvalue weighted by atomic mass is 35.5. The first-order chi connectivity index (χ1) is 10.8. The molecule has 2 rings (SSSR count). The average Bonchev–Trinajstić information content (AvgIpc) is 3.03. The first kappa shape index (κ1) is 17.5. The average molecular weight is 363 g/mol. The minimum absolute atomic E-state index is 0.164. The van der Waals surface area contributed by atoms with E-state index in [0.29, 0.717) is 11.3 Å². The number of hydrogen-bond acceptors (Lipinski definition) is 5. The van der Waals surface area contributed by atoms with Crippen LogP contribution in [0.25, 0.3) is 0 Å². The van der Waals surface area contributed by atoms with Gasteiger partial charge in [0.25, 0.3) is 6.43 Å². The van der Waals surface area contributed by atoms with Crippen LogP contribution >= 0.6 is 23.1 Å². The molecular weight excluding hydrogens is 350 g/mol. The normalized spacial score (nSPS) is 10.9. The number of aliphatic hydroxyl groups is 1. The second-order valence-electron chi connectivity index (χ2n) is 4.59. The van der Waals surface area contributed by atoms with E-state index in [1.54, 1.807) is 0 Å². The van der Waals surface area contributed by atoms with Gasteiger partial charge in [-0.1, -0.05) is 11.6 Å². The molecule has 0 bridgehead atoms. The van der Waals surface area contributed by atoms with Crippen LogP contribution in [-0.2, 0) is 6.61 Å². The molecule has 6 nitrogen and oxygen atoms in total. The van der Waals surface area contributed by atoms with Gasteiger partial charge in [-0.2, -0.15) is 4.37 Å². The number of anilines is 2. The molecule has 10 heteroatoms. The van der Waals surface area contributed by atoms with Gasteiger partial charge in [0.15, 0.2) is 0 Å². The Morgan fingerprint density at radius 1 is 1.39 bits per heavy atom. The number of carbonyl (C=O) groups excluding carboxylic acids is 1. The number of halogens is 3. The molecule has 0 fully saturated rings. The summed E-state index contributed by atoms with van der Waals surface area (Å²) >= 11 is 6.62. The van der Waals surface area contributed by atoms with E-state index in [1.165, 1.54) is 36.2 Å². The number of alkyl halides is 2.